The van der Waals surface area contributed by atoms with Crippen LogP contribution in [0.5, 0.6) is 0 Å². The molecule has 2 aliphatic heterocycles. The Hall–Kier alpha value is -3.89. The highest BCUT2D eigenvalue weighted by molar-refractivity contribution is 5.89. The molecular weight excluding hydrogens is 480 g/mol. The largest absolute Gasteiger partial charge is 0.490 e. The lowest BCUT2D eigenvalue weighted by molar-refractivity contribution is -0.192. The molecule has 2 N–H and O–H groups in total. The number of hydrogen-bond acceptors (Lipinski definition) is 4. The molecular formula is C25H24F4N4O3. The minimum Gasteiger partial charge on any atom is -0.475 e. The summed E-state index contributed by atoms with van der Waals surface area (Å²) in [6.07, 6.45) is 0.532. The number of halogens is 4. The van der Waals surface area contributed by atoms with Gasteiger partial charge in [0.2, 0.25) is 5.91 Å². The third-order valence-corrected chi connectivity index (χ3v) is 6.35. The number of aromatic nitrogens is 2. The first-order chi connectivity index (χ1) is 17.1. The van der Waals surface area contributed by atoms with Crippen LogP contribution in [0.4, 0.5) is 28.9 Å². The highest BCUT2D eigenvalue weighted by Gasteiger charge is 2.39. The third-order valence-electron chi connectivity index (χ3n) is 6.35. The zero-order valence-corrected chi connectivity index (χ0v) is 19.3. The summed E-state index contributed by atoms with van der Waals surface area (Å²) >= 11 is 0. The van der Waals surface area contributed by atoms with Gasteiger partial charge >= 0.3 is 12.1 Å². The van der Waals surface area contributed by atoms with Crippen molar-refractivity contribution < 1.29 is 32.3 Å². The summed E-state index contributed by atoms with van der Waals surface area (Å²) in [6, 6.07) is 13.3. The number of amides is 1. The van der Waals surface area contributed by atoms with E-state index in [1.807, 2.05) is 36.8 Å². The first kappa shape index (κ1) is 25.2. The molecule has 0 aliphatic carbocycles. The van der Waals surface area contributed by atoms with Crippen molar-refractivity contribution in [1.29, 1.82) is 0 Å². The fraction of sp³-hybridized carbons (Fsp3) is 0.320. The van der Waals surface area contributed by atoms with Gasteiger partial charge in [-0.2, -0.15) is 13.2 Å². The number of imidazole rings is 1. The summed E-state index contributed by atoms with van der Waals surface area (Å²) in [4.78, 5) is 26.9. The maximum Gasteiger partial charge on any atom is 0.490 e. The summed E-state index contributed by atoms with van der Waals surface area (Å²) in [7, 11) is 0. The number of nitrogens with one attached hydrogen (secondary N) is 1. The number of carboxylic acid groups (broad SMARTS) is 1. The van der Waals surface area contributed by atoms with Crippen molar-refractivity contribution in [2.45, 2.75) is 32.0 Å². The Balaban J connectivity index is 0.000000384. The number of anilines is 2. The van der Waals surface area contributed by atoms with Crippen LogP contribution in [0, 0.1) is 11.7 Å². The van der Waals surface area contributed by atoms with Gasteiger partial charge in [0.1, 0.15) is 5.82 Å². The predicted octanol–water partition coefficient (Wildman–Crippen LogP) is 5.10. The maximum absolute atomic E-state index is 14.7. The molecule has 0 saturated carbocycles. The summed E-state index contributed by atoms with van der Waals surface area (Å²) < 4.78 is 48.6. The van der Waals surface area contributed by atoms with Gasteiger partial charge in [0.05, 0.1) is 24.3 Å². The Morgan fingerprint density at radius 1 is 1.11 bits per heavy atom. The molecule has 3 aromatic rings. The van der Waals surface area contributed by atoms with Gasteiger partial charge in [0, 0.05) is 42.5 Å². The number of benzene rings is 2. The van der Waals surface area contributed by atoms with Gasteiger partial charge in [0.25, 0.3) is 0 Å². The lowest BCUT2D eigenvalue weighted by Gasteiger charge is -2.37. The van der Waals surface area contributed by atoms with Crippen molar-refractivity contribution in [2.75, 3.05) is 23.3 Å². The van der Waals surface area contributed by atoms with Crippen LogP contribution < -0.4 is 10.2 Å². The van der Waals surface area contributed by atoms with Gasteiger partial charge in [-0.05, 0) is 43.0 Å². The SMILES string of the molecule is CC(=O)Nc1cccc(N2CCC(C3c4c(F)cccc4-c4cncn43)CC2)c1.O=C(O)C(F)(F)F. The molecule has 1 aromatic heterocycles. The molecule has 2 aromatic carbocycles. The molecule has 0 radical (unpaired) electrons. The van der Waals surface area contributed by atoms with Gasteiger partial charge in [-0.25, -0.2) is 14.2 Å². The van der Waals surface area contributed by atoms with E-state index in [0.717, 1.165) is 54.1 Å². The monoisotopic (exact) mass is 504 g/mol. The number of hydrogen-bond donors (Lipinski definition) is 2. The lowest BCUT2D eigenvalue weighted by Crippen LogP contribution is -2.36. The Morgan fingerprint density at radius 2 is 1.78 bits per heavy atom. The fourth-order valence-corrected chi connectivity index (χ4v) is 4.85. The number of carbonyl (C=O) groups is 2. The molecule has 1 unspecified atom stereocenters. The number of fused-ring (bicyclic) bond motifs is 3. The molecule has 190 valence electrons. The minimum absolute atomic E-state index is 0.0107. The van der Waals surface area contributed by atoms with Gasteiger partial charge < -0.3 is 19.9 Å². The van der Waals surface area contributed by atoms with E-state index in [0.29, 0.717) is 5.92 Å². The van der Waals surface area contributed by atoms with Gasteiger partial charge in [0.15, 0.2) is 0 Å². The fourth-order valence-electron chi connectivity index (χ4n) is 4.85. The van der Waals surface area contributed by atoms with Crippen molar-refractivity contribution in [3.05, 3.63) is 66.4 Å². The van der Waals surface area contributed by atoms with Crippen LogP contribution in [0.3, 0.4) is 0 Å². The summed E-state index contributed by atoms with van der Waals surface area (Å²) in [6.45, 7) is 3.32. The molecule has 3 heterocycles. The van der Waals surface area contributed by atoms with Crippen LogP contribution in [0.1, 0.15) is 31.4 Å². The number of carbonyl (C=O) groups excluding carboxylic acids is 1. The van der Waals surface area contributed by atoms with E-state index < -0.39 is 12.1 Å². The molecule has 1 fully saturated rings. The van der Waals surface area contributed by atoms with E-state index in [1.165, 1.54) is 6.92 Å². The Labute approximate surface area is 204 Å². The molecule has 0 bridgehead atoms. The van der Waals surface area contributed by atoms with Gasteiger partial charge in [-0.3, -0.25) is 4.79 Å². The smallest absolute Gasteiger partial charge is 0.475 e. The average Bonchev–Trinajstić information content (AvgIpc) is 3.41. The second-order valence-electron chi connectivity index (χ2n) is 8.69. The molecule has 2 aliphatic rings. The van der Waals surface area contributed by atoms with Crippen LogP contribution in [-0.2, 0) is 9.59 Å². The molecule has 36 heavy (non-hydrogen) atoms. The summed E-state index contributed by atoms with van der Waals surface area (Å²) in [5.41, 5.74) is 4.71. The first-order valence-electron chi connectivity index (χ1n) is 11.3. The highest BCUT2D eigenvalue weighted by Crippen LogP contribution is 2.47. The third kappa shape index (κ3) is 5.19. The number of nitrogens with zero attached hydrogens (tertiary/aromatic N) is 3. The Morgan fingerprint density at radius 3 is 2.42 bits per heavy atom. The van der Waals surface area contributed by atoms with Gasteiger partial charge in [-0.1, -0.05) is 18.2 Å². The van der Waals surface area contributed by atoms with Crippen molar-refractivity contribution in [3.63, 3.8) is 0 Å². The first-order valence-corrected chi connectivity index (χ1v) is 11.3. The standard InChI is InChI=1S/C23H23FN4O.C2HF3O2/c1-15(29)26-17-4-2-5-18(12-17)27-10-8-16(9-11-27)23-22-19(6-3-7-20(22)24)21-13-25-14-28(21)23;3-2(4,5)1(6)7/h2-7,12-14,16,23H,8-11H2,1H3,(H,26,29);(H,6,7). The van der Waals surface area contributed by atoms with E-state index in [1.54, 1.807) is 12.1 Å². The lowest BCUT2D eigenvalue weighted by atomic mass is 9.85. The second kappa shape index (κ2) is 10.00. The Bertz CT molecular complexity index is 1270. The summed E-state index contributed by atoms with van der Waals surface area (Å²) in [5.74, 6) is -2.59. The number of carboxylic acids is 1. The molecule has 1 amide bonds. The highest BCUT2D eigenvalue weighted by atomic mass is 19.4. The van der Waals surface area contributed by atoms with E-state index in [4.69, 9.17) is 9.90 Å². The Kier molecular flexibility index (Phi) is 7.00. The van der Waals surface area contributed by atoms with E-state index >= 15 is 0 Å². The normalized spacial score (nSPS) is 17.0. The van der Waals surface area contributed by atoms with Crippen LogP contribution in [0.15, 0.2) is 55.0 Å². The van der Waals surface area contributed by atoms with Crippen molar-refractivity contribution in [3.8, 4) is 11.3 Å². The number of aliphatic carboxylic acids is 1. The topological polar surface area (TPSA) is 87.5 Å². The molecule has 5 rings (SSSR count). The van der Waals surface area contributed by atoms with Crippen molar-refractivity contribution >= 4 is 23.3 Å². The van der Waals surface area contributed by atoms with Crippen molar-refractivity contribution in [1.82, 2.24) is 9.55 Å². The van der Waals surface area contributed by atoms with Crippen molar-refractivity contribution in [2.24, 2.45) is 5.92 Å². The molecule has 1 atom stereocenters. The second-order valence-corrected chi connectivity index (χ2v) is 8.69. The van der Waals surface area contributed by atoms with E-state index in [2.05, 4.69) is 25.8 Å². The maximum atomic E-state index is 14.7. The quantitative estimate of drug-likeness (QED) is 0.485. The molecule has 0 spiro atoms. The van der Waals surface area contributed by atoms with Crippen LogP contribution >= 0.6 is 0 Å². The molecule has 1 saturated heterocycles. The summed E-state index contributed by atoms with van der Waals surface area (Å²) in [5, 5.41) is 9.97. The minimum atomic E-state index is -5.08. The number of alkyl halides is 3. The average molecular weight is 504 g/mol. The number of rotatable bonds is 3. The van der Waals surface area contributed by atoms with Crippen LogP contribution in [-0.4, -0.2) is 45.8 Å². The van der Waals surface area contributed by atoms with E-state index in [-0.39, 0.29) is 17.8 Å². The predicted molar refractivity (Wildman–Crippen MR) is 125 cm³/mol. The molecule has 11 heteroatoms. The zero-order valence-electron chi connectivity index (χ0n) is 19.3. The van der Waals surface area contributed by atoms with Crippen LogP contribution in [0.25, 0.3) is 11.3 Å². The van der Waals surface area contributed by atoms with Crippen LogP contribution in [0.2, 0.25) is 0 Å². The zero-order chi connectivity index (χ0) is 26.0. The number of piperidine rings is 1. The molecule has 7 nitrogen and oxygen atoms in total. The van der Waals surface area contributed by atoms with Gasteiger partial charge in [-0.15, -0.1) is 0 Å². The van der Waals surface area contributed by atoms with E-state index in [9.17, 15) is 22.4 Å².